The van der Waals surface area contributed by atoms with Crippen molar-refractivity contribution < 1.29 is 19.8 Å². The van der Waals surface area contributed by atoms with Crippen LogP contribution in [0.25, 0.3) is 0 Å². The first-order chi connectivity index (χ1) is 9.49. The Hall–Kier alpha value is -3.02. The molecule has 0 aromatic heterocycles. The number of anilines is 2. The summed E-state index contributed by atoms with van der Waals surface area (Å²) in [5.74, 6) is -1.99. The number of amides is 1. The van der Waals surface area contributed by atoms with Crippen LogP contribution in [-0.4, -0.2) is 22.1 Å². The maximum atomic E-state index is 12.0. The van der Waals surface area contributed by atoms with E-state index >= 15 is 0 Å². The number of hydrogen-bond acceptors (Lipinski definition) is 4. The van der Waals surface area contributed by atoms with Crippen molar-refractivity contribution >= 4 is 23.3 Å². The molecule has 1 amide bonds. The van der Waals surface area contributed by atoms with Crippen molar-refractivity contribution in [2.45, 2.75) is 0 Å². The van der Waals surface area contributed by atoms with Crippen LogP contribution in [0.5, 0.6) is 5.75 Å². The Morgan fingerprint density at radius 1 is 1.05 bits per heavy atom. The molecule has 20 heavy (non-hydrogen) atoms. The second kappa shape index (κ2) is 5.31. The quantitative estimate of drug-likeness (QED) is 0.638. The molecule has 2 rings (SSSR count). The number of para-hydroxylation sites is 1. The van der Waals surface area contributed by atoms with Gasteiger partial charge in [0.15, 0.2) is 0 Å². The Balaban J connectivity index is 2.33. The Kier molecular flexibility index (Phi) is 3.56. The summed E-state index contributed by atoms with van der Waals surface area (Å²) >= 11 is 0. The molecular weight excluding hydrogens is 260 g/mol. The number of carbonyl (C=O) groups excluding carboxylic acids is 1. The molecule has 0 saturated carbocycles. The van der Waals surface area contributed by atoms with Crippen LogP contribution in [0.15, 0.2) is 42.5 Å². The number of nitrogens with one attached hydrogen (secondary N) is 1. The van der Waals surface area contributed by atoms with Crippen molar-refractivity contribution in [3.8, 4) is 5.75 Å². The van der Waals surface area contributed by atoms with Crippen LogP contribution in [0, 0.1) is 0 Å². The summed E-state index contributed by atoms with van der Waals surface area (Å²) in [6, 6.07) is 10.1. The number of carboxylic acid groups (broad SMARTS) is 1. The van der Waals surface area contributed by atoms with Crippen molar-refractivity contribution in [2.24, 2.45) is 0 Å². The predicted molar refractivity (Wildman–Crippen MR) is 73.9 cm³/mol. The van der Waals surface area contributed by atoms with Gasteiger partial charge in [-0.1, -0.05) is 12.1 Å². The van der Waals surface area contributed by atoms with Gasteiger partial charge in [-0.05, 0) is 30.3 Å². The molecule has 0 aliphatic rings. The molecule has 0 aliphatic heterocycles. The zero-order chi connectivity index (χ0) is 14.7. The average molecular weight is 272 g/mol. The zero-order valence-electron chi connectivity index (χ0n) is 10.3. The van der Waals surface area contributed by atoms with E-state index in [9.17, 15) is 14.7 Å². The molecule has 0 spiro atoms. The highest BCUT2D eigenvalue weighted by Gasteiger charge is 2.15. The van der Waals surface area contributed by atoms with E-state index in [0.29, 0.717) is 0 Å². The number of aromatic hydroxyl groups is 1. The molecule has 0 saturated heterocycles. The first-order valence-electron chi connectivity index (χ1n) is 5.71. The summed E-state index contributed by atoms with van der Waals surface area (Å²) in [6.45, 7) is 0. The van der Waals surface area contributed by atoms with Gasteiger partial charge in [0.05, 0.1) is 16.8 Å². The van der Waals surface area contributed by atoms with Gasteiger partial charge in [-0.15, -0.1) is 0 Å². The number of phenolic OH excluding ortho intramolecular Hbond substituents is 1. The molecule has 0 aliphatic carbocycles. The number of nitrogen functional groups attached to an aromatic ring is 1. The van der Waals surface area contributed by atoms with E-state index in [-0.39, 0.29) is 28.3 Å². The second-order valence-corrected chi connectivity index (χ2v) is 4.08. The largest absolute Gasteiger partial charge is 0.507 e. The standard InChI is InChI=1S/C14H12N2O4/c15-8-5-6-11(10(7-8)14(19)20)16-13(18)9-3-1-2-4-12(9)17/h1-7,17H,15H2,(H,16,18)(H,19,20). The summed E-state index contributed by atoms with van der Waals surface area (Å²) in [5, 5.41) is 21.1. The molecule has 0 unspecified atom stereocenters. The average Bonchev–Trinajstić information content (AvgIpc) is 2.41. The van der Waals surface area contributed by atoms with E-state index in [1.165, 1.54) is 30.3 Å². The van der Waals surface area contributed by atoms with Crippen molar-refractivity contribution in [1.29, 1.82) is 0 Å². The molecule has 0 radical (unpaired) electrons. The summed E-state index contributed by atoms with van der Waals surface area (Å²) < 4.78 is 0. The third-order valence-corrected chi connectivity index (χ3v) is 2.67. The van der Waals surface area contributed by atoms with E-state index in [4.69, 9.17) is 10.8 Å². The van der Waals surface area contributed by atoms with Crippen molar-refractivity contribution in [2.75, 3.05) is 11.1 Å². The van der Waals surface area contributed by atoms with Crippen LogP contribution < -0.4 is 11.1 Å². The lowest BCUT2D eigenvalue weighted by atomic mass is 10.1. The van der Waals surface area contributed by atoms with Crippen molar-refractivity contribution in [3.05, 3.63) is 53.6 Å². The van der Waals surface area contributed by atoms with Crippen LogP contribution in [0.1, 0.15) is 20.7 Å². The number of aromatic carboxylic acids is 1. The van der Waals surface area contributed by atoms with Crippen molar-refractivity contribution in [3.63, 3.8) is 0 Å². The summed E-state index contributed by atoms with van der Waals surface area (Å²) in [4.78, 5) is 23.1. The van der Waals surface area contributed by atoms with Gasteiger partial charge < -0.3 is 21.3 Å². The topological polar surface area (TPSA) is 113 Å². The lowest BCUT2D eigenvalue weighted by Crippen LogP contribution is -2.15. The number of hydrogen-bond donors (Lipinski definition) is 4. The lowest BCUT2D eigenvalue weighted by Gasteiger charge is -2.10. The van der Waals surface area contributed by atoms with Gasteiger partial charge >= 0.3 is 5.97 Å². The maximum absolute atomic E-state index is 12.0. The van der Waals surface area contributed by atoms with Gasteiger partial charge in [-0.25, -0.2) is 4.79 Å². The van der Waals surface area contributed by atoms with Gasteiger partial charge in [0.25, 0.3) is 5.91 Å². The molecule has 0 fully saturated rings. The van der Waals surface area contributed by atoms with Crippen molar-refractivity contribution in [1.82, 2.24) is 0 Å². The zero-order valence-corrected chi connectivity index (χ0v) is 10.3. The number of phenols is 1. The van der Waals surface area contributed by atoms with Crippen LogP contribution in [0.3, 0.4) is 0 Å². The van der Waals surface area contributed by atoms with Crippen LogP contribution >= 0.6 is 0 Å². The third-order valence-electron chi connectivity index (χ3n) is 2.67. The maximum Gasteiger partial charge on any atom is 0.337 e. The smallest absolute Gasteiger partial charge is 0.337 e. The Morgan fingerprint density at radius 3 is 2.40 bits per heavy atom. The molecular formula is C14H12N2O4. The highest BCUT2D eigenvalue weighted by molar-refractivity contribution is 6.09. The first kappa shape index (κ1) is 13.4. The third kappa shape index (κ3) is 2.69. The minimum absolute atomic E-state index is 0.0562. The number of rotatable bonds is 3. The minimum Gasteiger partial charge on any atom is -0.507 e. The highest BCUT2D eigenvalue weighted by Crippen LogP contribution is 2.22. The van der Waals surface area contributed by atoms with Gasteiger partial charge in [0.2, 0.25) is 0 Å². The summed E-state index contributed by atoms with van der Waals surface area (Å²) in [6.07, 6.45) is 0. The number of nitrogens with two attached hydrogens (primary N) is 1. The molecule has 0 heterocycles. The predicted octanol–water partition coefficient (Wildman–Crippen LogP) is 1.92. The normalized spacial score (nSPS) is 10.0. The van der Waals surface area contributed by atoms with Gasteiger partial charge in [0, 0.05) is 5.69 Å². The number of carbonyl (C=O) groups is 2. The van der Waals surface area contributed by atoms with Gasteiger partial charge in [0.1, 0.15) is 5.75 Å². The van der Waals surface area contributed by atoms with E-state index in [0.717, 1.165) is 0 Å². The molecule has 6 nitrogen and oxygen atoms in total. The molecule has 5 N–H and O–H groups in total. The molecule has 0 bridgehead atoms. The summed E-state index contributed by atoms with van der Waals surface area (Å²) in [5.41, 5.74) is 5.85. The second-order valence-electron chi connectivity index (χ2n) is 4.08. The highest BCUT2D eigenvalue weighted by atomic mass is 16.4. The fourth-order valence-corrected chi connectivity index (χ4v) is 1.70. The van der Waals surface area contributed by atoms with E-state index in [1.54, 1.807) is 12.1 Å². The fraction of sp³-hybridized carbons (Fsp3) is 0. The first-order valence-corrected chi connectivity index (χ1v) is 5.71. The van der Waals surface area contributed by atoms with Crippen LogP contribution in [0.4, 0.5) is 11.4 Å². The monoisotopic (exact) mass is 272 g/mol. The molecule has 2 aromatic carbocycles. The van der Waals surface area contributed by atoms with Gasteiger partial charge in [-0.3, -0.25) is 4.79 Å². The molecule has 0 atom stereocenters. The molecule has 6 heteroatoms. The summed E-state index contributed by atoms with van der Waals surface area (Å²) in [7, 11) is 0. The van der Waals surface area contributed by atoms with Gasteiger partial charge in [-0.2, -0.15) is 0 Å². The lowest BCUT2D eigenvalue weighted by molar-refractivity contribution is 0.0698. The van der Waals surface area contributed by atoms with E-state index in [2.05, 4.69) is 5.32 Å². The Morgan fingerprint density at radius 2 is 1.75 bits per heavy atom. The fourth-order valence-electron chi connectivity index (χ4n) is 1.70. The molecule has 2 aromatic rings. The molecule has 102 valence electrons. The van der Waals surface area contributed by atoms with E-state index < -0.39 is 11.9 Å². The van der Waals surface area contributed by atoms with E-state index in [1.807, 2.05) is 0 Å². The number of carboxylic acids is 1. The Bertz CT molecular complexity index is 683. The number of benzene rings is 2. The Labute approximate surface area is 114 Å². The van der Waals surface area contributed by atoms with Crippen LogP contribution in [0.2, 0.25) is 0 Å². The minimum atomic E-state index is -1.20. The van der Waals surface area contributed by atoms with Crippen LogP contribution in [-0.2, 0) is 0 Å². The SMILES string of the molecule is Nc1ccc(NC(=O)c2ccccc2O)c(C(=O)O)c1.